The van der Waals surface area contributed by atoms with Crippen LogP contribution in [0.5, 0.6) is 17.2 Å². The van der Waals surface area contributed by atoms with E-state index in [-0.39, 0.29) is 134 Å². The number of rotatable bonds is 80. The summed E-state index contributed by atoms with van der Waals surface area (Å²) in [6.45, 7) is 32.4. The number of unbranched alkanes of at least 4 members (excludes halogenated alkanes) is 13. The van der Waals surface area contributed by atoms with Crippen LogP contribution >= 0.6 is 67.5 Å². The summed E-state index contributed by atoms with van der Waals surface area (Å²) in [5.41, 5.74) is 30.0. The van der Waals surface area contributed by atoms with Gasteiger partial charge in [0.05, 0.1) is 18.0 Å². The molecule has 0 aliphatic rings. The molecule has 0 unspecified atom stereocenters. The first-order chi connectivity index (χ1) is 70.5. The molecule has 29 nitrogen and oxygen atoms in total. The predicted octanol–water partition coefficient (Wildman–Crippen LogP) is 19.7. The monoisotopic (exact) mass is 2190 g/mol. The highest BCUT2D eigenvalue weighted by Gasteiger charge is 2.20. The van der Waals surface area contributed by atoms with Gasteiger partial charge in [-0.05, 0) is 251 Å². The predicted molar refractivity (Wildman–Crippen MR) is 639 cm³/mol. The Hall–Kier alpha value is -8.65. The smallest absolute Gasteiger partial charge is 0.407 e. The third kappa shape index (κ3) is 79.3. The van der Waals surface area contributed by atoms with Crippen LogP contribution in [0, 0.1) is 17.8 Å². The molecule has 6 aromatic rings. The maximum atomic E-state index is 12.5. The molecule has 0 saturated carbocycles. The summed E-state index contributed by atoms with van der Waals surface area (Å²) in [5, 5.41) is 29.2. The van der Waals surface area contributed by atoms with Gasteiger partial charge in [-0.3, -0.25) is 38.7 Å². The second kappa shape index (κ2) is 99.7. The Morgan fingerprint density at radius 2 is 0.513 bits per heavy atom. The Morgan fingerprint density at radius 1 is 0.273 bits per heavy atom. The lowest BCUT2D eigenvalue weighted by Crippen LogP contribution is -2.42. The number of nitrogens with zero attached hydrogens (tertiary/aromatic N) is 3. The van der Waals surface area contributed by atoms with Crippen molar-refractivity contribution in [1.82, 2.24) is 51.9 Å². The average molecular weight is 2190 g/mol. The highest BCUT2D eigenvalue weighted by atomic mass is 32.1. The van der Waals surface area contributed by atoms with Crippen LogP contribution in [-0.4, -0.2) is 217 Å². The third-order valence-electron chi connectivity index (χ3n) is 25.0. The molecule has 0 heterocycles. The van der Waals surface area contributed by atoms with Crippen LogP contribution in [0.2, 0.25) is 0 Å². The molecule has 0 spiro atoms. The van der Waals surface area contributed by atoms with E-state index >= 15 is 0 Å². The second-order valence-corrected chi connectivity index (χ2v) is 37.9. The van der Waals surface area contributed by atoms with Crippen molar-refractivity contribution in [3.63, 3.8) is 0 Å². The summed E-state index contributed by atoms with van der Waals surface area (Å²) in [6.07, 6.45) is 33.2. The van der Waals surface area contributed by atoms with Crippen molar-refractivity contribution in [2.24, 2.45) is 40.7 Å². The SMILES string of the molecule is CCCCC[C@H](C)C(=O)NCCCN(CCCNC(=O)[C@@H](C)CCCCC)CCOc1ccc(CCCCNC(=O)OCc2ccccc2)cc1.CCCCC[C@H](C)C(=O)O.CCCCC[C@H](N)C(=O)NCCCN(CCCNC(=O)[C@@H](N)CCCCC)CCOc1ccc(CCCCNC(=O)OCc2ccccc2)cc1.NCCCN(CCCN)CCOc1ccc(CCCCNC(=O)OCc2ccccc2)cc1.S.S.S.S.S. The van der Waals surface area contributed by atoms with E-state index in [1.165, 1.54) is 29.5 Å². The molecule has 0 bridgehead atoms. The number of ether oxygens (including phenoxy) is 6. The van der Waals surface area contributed by atoms with Gasteiger partial charge in [-0.2, -0.15) is 67.5 Å². The van der Waals surface area contributed by atoms with E-state index in [1.54, 1.807) is 6.92 Å². The van der Waals surface area contributed by atoms with Gasteiger partial charge in [0, 0.05) is 77.3 Å². The Morgan fingerprint density at radius 3 is 0.767 bits per heavy atom. The van der Waals surface area contributed by atoms with Gasteiger partial charge < -0.3 is 93.7 Å². The molecule has 854 valence electrons. The number of hydrogen-bond acceptors (Lipinski definition) is 21. The number of nitrogens with one attached hydrogen (secondary N) is 7. The minimum Gasteiger partial charge on any atom is -0.492 e. The van der Waals surface area contributed by atoms with Gasteiger partial charge in [-0.15, -0.1) is 0 Å². The summed E-state index contributed by atoms with van der Waals surface area (Å²) >= 11 is 0. The number of carbonyl (C=O) groups excluding carboxylic acids is 7. The molecule has 34 heteroatoms. The Bertz CT molecular complexity index is 3960. The highest BCUT2D eigenvalue weighted by molar-refractivity contribution is 7.60. The molecule has 0 fully saturated rings. The first-order valence-electron chi connectivity index (χ1n) is 54.9. The summed E-state index contributed by atoms with van der Waals surface area (Å²) in [7, 11) is 0. The van der Waals surface area contributed by atoms with E-state index in [1.807, 2.05) is 141 Å². The molecule has 150 heavy (non-hydrogen) atoms. The third-order valence-corrected chi connectivity index (χ3v) is 25.0. The zero-order valence-electron chi connectivity index (χ0n) is 92.5. The van der Waals surface area contributed by atoms with Crippen LogP contribution in [0.3, 0.4) is 0 Å². The lowest BCUT2D eigenvalue weighted by molar-refractivity contribution is -0.141. The minimum atomic E-state index is -0.670. The molecule has 0 aliphatic carbocycles. The van der Waals surface area contributed by atoms with Gasteiger partial charge in [-0.25, -0.2) is 14.4 Å². The van der Waals surface area contributed by atoms with Crippen molar-refractivity contribution in [3.8, 4) is 17.2 Å². The van der Waals surface area contributed by atoms with Crippen LogP contribution in [0.4, 0.5) is 14.4 Å². The minimum absolute atomic E-state index is 0. The van der Waals surface area contributed by atoms with E-state index in [9.17, 15) is 38.4 Å². The lowest BCUT2D eigenvalue weighted by Gasteiger charge is -2.23. The average Bonchev–Trinajstić information content (AvgIpc) is 0.900. The van der Waals surface area contributed by atoms with Crippen molar-refractivity contribution >= 4 is 115 Å². The van der Waals surface area contributed by atoms with Gasteiger partial charge in [0.1, 0.15) is 56.9 Å². The van der Waals surface area contributed by atoms with E-state index in [0.29, 0.717) is 98.2 Å². The fourth-order valence-electron chi connectivity index (χ4n) is 15.7. The molecular weight excluding hydrogens is 1990 g/mol. The number of alkyl carbamates (subject to hydrolysis) is 3. The normalized spacial score (nSPS) is 11.6. The number of aryl methyl sites for hydroxylation is 3. The van der Waals surface area contributed by atoms with Gasteiger partial charge in [-0.1, -0.05) is 279 Å². The molecular formula is C116H200N14O15S5. The lowest BCUT2D eigenvalue weighted by atomic mass is 10.0. The van der Waals surface area contributed by atoms with Crippen LogP contribution in [-0.2, 0) is 77.3 Å². The molecule has 0 saturated heterocycles. The van der Waals surface area contributed by atoms with Crippen LogP contribution in [0.1, 0.15) is 294 Å². The summed E-state index contributed by atoms with van der Waals surface area (Å²) in [6, 6.07) is 52.7. The Labute approximate surface area is 937 Å². The number of benzene rings is 6. The molecule has 0 aromatic heterocycles. The number of carboxylic acids is 1. The first kappa shape index (κ1) is 145. The van der Waals surface area contributed by atoms with Crippen molar-refractivity contribution in [1.29, 1.82) is 0 Å². The number of hydrogen-bond donors (Lipinski definition) is 12. The molecule has 5 atom stereocenters. The number of carbonyl (C=O) groups is 8. The van der Waals surface area contributed by atoms with Crippen LogP contribution in [0.15, 0.2) is 164 Å². The molecule has 16 N–H and O–H groups in total. The van der Waals surface area contributed by atoms with Gasteiger partial charge in [0.25, 0.3) is 0 Å². The zero-order valence-corrected chi connectivity index (χ0v) is 97.5. The molecule has 6 rings (SSSR count). The van der Waals surface area contributed by atoms with Crippen molar-refractivity contribution in [3.05, 3.63) is 197 Å². The maximum Gasteiger partial charge on any atom is 0.407 e. The largest absolute Gasteiger partial charge is 0.492 e. The maximum absolute atomic E-state index is 12.5. The van der Waals surface area contributed by atoms with E-state index < -0.39 is 24.1 Å². The van der Waals surface area contributed by atoms with Crippen molar-refractivity contribution in [2.45, 2.75) is 312 Å². The van der Waals surface area contributed by atoms with E-state index in [4.69, 9.17) is 56.5 Å². The topological polar surface area (TPSA) is 410 Å². The fraction of sp³-hybridized carbons (Fsp3) is 0.621. The van der Waals surface area contributed by atoms with E-state index in [2.05, 4.69) is 123 Å². The second-order valence-electron chi connectivity index (χ2n) is 37.9. The number of nitrogens with two attached hydrogens (primary N) is 4. The van der Waals surface area contributed by atoms with Gasteiger partial charge in [0.15, 0.2) is 0 Å². The Balaban J connectivity index is -0.00000207. The van der Waals surface area contributed by atoms with E-state index in [0.717, 1.165) is 292 Å². The van der Waals surface area contributed by atoms with Crippen molar-refractivity contribution < 1.29 is 71.9 Å². The van der Waals surface area contributed by atoms with Crippen molar-refractivity contribution in [2.75, 3.05) is 138 Å². The quantitative estimate of drug-likeness (QED) is 0.0125. The van der Waals surface area contributed by atoms with Gasteiger partial charge in [0.2, 0.25) is 23.6 Å². The standard InChI is InChI=1S/C42H68N4O5.C40H66N6O5.C26H40N4O3.C8H16O2.5H2S/c1-5-7-10-18-35(3)40(47)43-28-16-30-46(31-17-29-44-41(48)36(4)19-11-8-6-2)32-33-50-39-25-23-37(24-26-39)20-14-15-27-45-42(49)51-34-38-21-12-9-13-22-38;1-3-5-8-19-36(41)38(47)43-26-14-28-46(29-15-27-44-39(48)37(42)20-9-6-4-2)30-31-50-35-23-21-33(22-24-35)16-12-13-25-45-40(49)51-32-34-17-10-7-11-18-34;27-15-6-18-30(19-7-16-28)20-21-32-25-13-11-23(12-14-25)8-4-5-17-29-26(31)33-22-24-9-2-1-3-10-24;1-3-4-5-6-7(2)8(9)10;;;;;/h9,12-13,21-26,35-36H,5-8,10-11,14-20,27-34H2,1-4H3,(H,43,47)(H,44,48)(H,45,49);7,10-11,17-18,21-24,36-37H,3-6,8-9,12-16,19-20,25-32,41-42H2,1-2H3,(H,43,47)(H,44,48)(H,45,49);1-3,9-14H,4-8,15-22,27-28H2,(H,29,31);7H,3-6H2,1-2H3,(H,9,10);5*1H2/t35-,36-;36-,37-;;7-;;;;;/m00.0...../s1. The summed E-state index contributed by atoms with van der Waals surface area (Å²) in [4.78, 5) is 103. The van der Waals surface area contributed by atoms with Crippen LogP contribution < -0.4 is 74.4 Å². The number of amides is 7. The Kier molecular flexibility index (Phi) is 96.7. The first-order valence-corrected chi connectivity index (χ1v) is 54.9. The molecule has 0 radical (unpaired) electrons. The molecule has 7 amide bonds. The number of carboxylic acid groups (broad SMARTS) is 1. The zero-order chi connectivity index (χ0) is 105. The van der Waals surface area contributed by atoms with Gasteiger partial charge >= 0.3 is 24.2 Å². The molecule has 6 aromatic carbocycles. The summed E-state index contributed by atoms with van der Waals surface area (Å²) < 4.78 is 33.8. The highest BCUT2D eigenvalue weighted by Crippen LogP contribution is 2.21. The fourth-order valence-corrected chi connectivity index (χ4v) is 15.7. The number of aliphatic carboxylic acids is 1. The summed E-state index contributed by atoms with van der Waals surface area (Å²) in [5.74, 6) is 1.95. The van der Waals surface area contributed by atoms with Crippen LogP contribution in [0.25, 0.3) is 0 Å². The molecule has 0 aliphatic heterocycles.